The molecule has 0 saturated carbocycles. The van der Waals surface area contributed by atoms with Crippen molar-refractivity contribution in [3.63, 3.8) is 0 Å². The van der Waals surface area contributed by atoms with Crippen molar-refractivity contribution in [3.8, 4) is 0 Å². The first-order valence-corrected chi connectivity index (χ1v) is 56.1. The predicted molar refractivity (Wildman–Crippen MR) is 552 cm³/mol. The molecule has 6 aromatic rings. The van der Waals surface area contributed by atoms with E-state index in [2.05, 4.69) is 98.9 Å². The number of aromatic nitrogens is 6. The van der Waals surface area contributed by atoms with Crippen molar-refractivity contribution in [2.75, 3.05) is 97.8 Å². The van der Waals surface area contributed by atoms with Crippen molar-refractivity contribution in [1.82, 2.24) is 29.9 Å². The van der Waals surface area contributed by atoms with Crippen molar-refractivity contribution in [1.29, 1.82) is 0 Å². The number of nitrogens with zero attached hydrogens (tertiary/aromatic N) is 6. The van der Waals surface area contributed by atoms with Crippen LogP contribution in [0.5, 0.6) is 0 Å². The zero-order chi connectivity index (χ0) is 103. The largest absolute Gasteiger partial charge is 0.461 e. The van der Waals surface area contributed by atoms with Gasteiger partial charge in [0.15, 0.2) is 8.32 Å². The van der Waals surface area contributed by atoms with Crippen molar-refractivity contribution >= 4 is 155 Å². The van der Waals surface area contributed by atoms with Crippen molar-refractivity contribution in [2.24, 2.45) is 43.3 Å². The lowest BCUT2D eigenvalue weighted by atomic mass is 9.98. The lowest BCUT2D eigenvalue weighted by Gasteiger charge is -2.51. The lowest BCUT2D eigenvalue weighted by Crippen LogP contribution is -2.65. The topological polar surface area (TPSA) is 378 Å². The number of esters is 8. The summed E-state index contributed by atoms with van der Waals surface area (Å²) in [7, 11) is -7.45. The van der Waals surface area contributed by atoms with Gasteiger partial charge < -0.3 is 78.6 Å². The van der Waals surface area contributed by atoms with Gasteiger partial charge in [0.05, 0.1) is 66.2 Å². The minimum Gasteiger partial charge on any atom is -0.461 e. The van der Waals surface area contributed by atoms with Crippen LogP contribution in [-0.2, 0) is 85.1 Å². The SMILES string of the molecule is CC(C)(C)COC(=O)C(=Cc1ccc(Nc2nc(NCCC[Si](C)(C)OC(C)(C)[Si](C)(C)OC(C)(C)[Si](C)(C)CCCNc3nc(Nc4ccc(C=C(C(=O)OCC(C)(C)C)C(=O)OCC(C)(C)C)cc4)nc(Nc4ccc(C=C(C(=O)OCC(C)(C)C)C(=O)OCC(C)(C)C)cc4)n3)nc(Nc3ccc(C=C(C(=O)OCC(C)(C)C)C(=O)OCC(C)(C)C)cc3)n2)cc1)C(=O)OCC(C)(C)C. The number of carbonyl (C=O) groups is 8. The Morgan fingerprint density at radius 3 is 0.650 bits per heavy atom. The molecule has 33 heteroatoms. The number of hydrogen-bond acceptors (Lipinski definition) is 30. The standard InChI is InChI=1S/C104H156N12O18Si3/c1-95(2,3)61-125-81(117)77(82(118)126-62-96(4,5)6)57-69-37-45-73(46-38-69)107-91-111-89(112-92(115-91)108-74-47-39-70(40-48-74)58-78(83(119)127-63-97(7,8)9)84(120)128-64-98(10,11)12)105-53-35-55-135(29,30)103(25,26)134-137(33,34)104(27,28)133-136(31,32)56-36-54-106-90-113-93(109-75-49-41-71(42-50-75)59-79(85(121)129-65-99(13,14)15)86(122)130-66-100(16,17)18)116-94(114-90)110-76-51-43-72(44-52-76)60-80(87(123)131-67-101(19,20)21)88(124)132-68-102(22,23)24/h37-52,57-60H,35-36,53-56,61-68H2,1-34H3,(H3,105,107,108,111,112,115)(H3,106,109,110,113,114,116). The van der Waals surface area contributed by atoms with Crippen LogP contribution in [0.4, 0.5) is 58.4 Å². The highest BCUT2D eigenvalue weighted by molar-refractivity contribution is 6.82. The van der Waals surface area contributed by atoms with Crippen LogP contribution in [-0.4, -0.2) is 179 Å². The van der Waals surface area contributed by atoms with Gasteiger partial charge in [-0.2, -0.15) is 29.9 Å². The van der Waals surface area contributed by atoms with Crippen LogP contribution >= 0.6 is 0 Å². The molecular weight excluding hydrogens is 1790 g/mol. The first-order chi connectivity index (χ1) is 62.8. The smallest absolute Gasteiger partial charge is 0.345 e. The van der Waals surface area contributed by atoms with E-state index in [1.165, 1.54) is 24.3 Å². The minimum atomic E-state index is -2.72. The van der Waals surface area contributed by atoms with Crippen LogP contribution < -0.4 is 31.9 Å². The monoisotopic (exact) mass is 1950 g/mol. The molecule has 0 radical (unpaired) electrons. The van der Waals surface area contributed by atoms with Gasteiger partial charge in [-0.1, -0.05) is 234 Å². The molecule has 0 saturated heterocycles. The molecule has 0 fully saturated rings. The maximum atomic E-state index is 13.5. The van der Waals surface area contributed by atoms with Gasteiger partial charge in [0, 0.05) is 41.1 Å². The maximum absolute atomic E-state index is 13.5. The average Bonchev–Trinajstić information content (AvgIpc) is 0.767. The number of anilines is 10. The number of hydrogen-bond donors (Lipinski definition) is 6. The Morgan fingerprint density at radius 2 is 0.453 bits per heavy atom. The summed E-state index contributed by atoms with van der Waals surface area (Å²) in [6, 6.07) is 29.7. The molecule has 0 bridgehead atoms. The van der Waals surface area contributed by atoms with E-state index in [1.807, 2.05) is 166 Å². The number of carbonyl (C=O) groups excluding carboxylic acids is 8. The molecule has 6 N–H and O–H groups in total. The molecule has 0 unspecified atom stereocenters. The number of benzene rings is 4. The molecule has 30 nitrogen and oxygen atoms in total. The molecule has 6 rings (SSSR count). The summed E-state index contributed by atoms with van der Waals surface area (Å²) in [5.74, 6) is -5.08. The van der Waals surface area contributed by atoms with Gasteiger partial charge in [-0.15, -0.1) is 0 Å². The van der Waals surface area contributed by atoms with Gasteiger partial charge in [-0.3, -0.25) is 0 Å². The first-order valence-electron chi connectivity index (χ1n) is 46.9. The molecule has 0 spiro atoms. The fourth-order valence-electron chi connectivity index (χ4n) is 12.2. The lowest BCUT2D eigenvalue weighted by molar-refractivity contribution is -0.151. The molecule has 137 heavy (non-hydrogen) atoms. The fraction of sp³-hybridized carbons (Fsp3) is 0.558. The first kappa shape index (κ1) is 115. The number of ether oxygens (including phenoxy) is 8. The van der Waals surface area contributed by atoms with Gasteiger partial charge >= 0.3 is 47.8 Å². The van der Waals surface area contributed by atoms with Gasteiger partial charge in [0.1, 0.15) is 22.3 Å². The molecule has 0 amide bonds. The Hall–Kier alpha value is -11.0. The van der Waals surface area contributed by atoms with E-state index >= 15 is 0 Å². The number of nitrogens with one attached hydrogen (secondary N) is 6. The molecule has 0 aliphatic carbocycles. The summed E-state index contributed by atoms with van der Waals surface area (Å²) in [5.41, 5.74) is 0.634. The van der Waals surface area contributed by atoms with Crippen LogP contribution in [0.1, 0.15) is 229 Å². The van der Waals surface area contributed by atoms with E-state index in [4.69, 9.17) is 76.7 Å². The Balaban J connectivity index is 1.21. The third kappa shape index (κ3) is 42.5. The molecule has 0 aliphatic heterocycles. The van der Waals surface area contributed by atoms with Crippen LogP contribution in [0.15, 0.2) is 119 Å². The van der Waals surface area contributed by atoms with Crippen LogP contribution in [0, 0.1) is 43.3 Å². The van der Waals surface area contributed by atoms with Gasteiger partial charge in [-0.05, 0) is 211 Å². The molecule has 752 valence electrons. The molecular formula is C104H156N12O18Si3. The maximum Gasteiger partial charge on any atom is 0.345 e. The summed E-state index contributed by atoms with van der Waals surface area (Å²) < 4.78 is 59.7. The highest BCUT2D eigenvalue weighted by Gasteiger charge is 2.52. The minimum absolute atomic E-state index is 0.0840. The Kier molecular flexibility index (Phi) is 39.8. The van der Waals surface area contributed by atoms with E-state index in [9.17, 15) is 38.4 Å². The summed E-state index contributed by atoms with van der Waals surface area (Å²) in [5, 5.41) is 19.0. The van der Waals surface area contributed by atoms with E-state index in [1.54, 1.807) is 97.1 Å². The summed E-state index contributed by atoms with van der Waals surface area (Å²) in [4.78, 5) is 137. The van der Waals surface area contributed by atoms with Gasteiger partial charge in [0.2, 0.25) is 44.0 Å². The molecule has 2 heterocycles. The Morgan fingerprint density at radius 1 is 0.263 bits per heavy atom. The van der Waals surface area contributed by atoms with Crippen LogP contribution in [0.3, 0.4) is 0 Å². The number of rotatable bonds is 44. The highest BCUT2D eigenvalue weighted by atomic mass is 28.4. The third-order valence-corrected chi connectivity index (χ3v) is 32.7. The average molecular weight is 1950 g/mol. The van der Waals surface area contributed by atoms with Crippen LogP contribution in [0.2, 0.25) is 51.4 Å². The second-order valence-corrected chi connectivity index (χ2v) is 61.5. The van der Waals surface area contributed by atoms with Crippen molar-refractivity contribution in [2.45, 2.75) is 269 Å². The van der Waals surface area contributed by atoms with E-state index in [0.717, 1.165) is 18.5 Å². The van der Waals surface area contributed by atoms with Gasteiger partial charge in [0.25, 0.3) is 0 Å². The molecule has 0 aliphatic rings. The quantitative estimate of drug-likeness (QED) is 0.00393. The summed E-state index contributed by atoms with van der Waals surface area (Å²) >= 11 is 0. The van der Waals surface area contributed by atoms with E-state index < -0.39 is 82.9 Å². The zero-order valence-electron chi connectivity index (χ0n) is 88.0. The second kappa shape index (κ2) is 47.6. The Labute approximate surface area is 816 Å². The van der Waals surface area contributed by atoms with Crippen molar-refractivity contribution < 1.29 is 85.1 Å². The van der Waals surface area contributed by atoms with Gasteiger partial charge in [-0.25, -0.2) is 38.4 Å². The molecule has 4 aromatic carbocycles. The summed E-state index contributed by atoms with van der Waals surface area (Å²) in [6.07, 6.45) is 7.25. The fourth-order valence-corrected chi connectivity index (χ4v) is 21.5. The van der Waals surface area contributed by atoms with E-state index in [-0.39, 0.29) is 154 Å². The second-order valence-electron chi connectivity index (χ2n) is 47.4. The van der Waals surface area contributed by atoms with E-state index in [0.29, 0.717) is 64.5 Å². The molecule has 0 atom stereocenters. The zero-order valence-corrected chi connectivity index (χ0v) is 91.0. The normalized spacial score (nSPS) is 12.6. The highest BCUT2D eigenvalue weighted by Crippen LogP contribution is 2.40. The summed E-state index contributed by atoms with van der Waals surface area (Å²) in [6.45, 7) is 70.2. The van der Waals surface area contributed by atoms with Crippen molar-refractivity contribution in [3.05, 3.63) is 142 Å². The molecule has 2 aromatic heterocycles. The Bertz CT molecular complexity index is 4840. The van der Waals surface area contributed by atoms with Crippen LogP contribution in [0.25, 0.3) is 24.3 Å². The third-order valence-electron chi connectivity index (χ3n) is 20.7. The predicted octanol–water partition coefficient (Wildman–Crippen LogP) is 22.4.